The predicted molar refractivity (Wildman–Crippen MR) is 41.9 cm³/mol. The Hall–Kier alpha value is -0.0800. The lowest BCUT2D eigenvalue weighted by Crippen LogP contribution is -2.33. The Morgan fingerprint density at radius 2 is 2.40 bits per heavy atom. The summed E-state index contributed by atoms with van der Waals surface area (Å²) >= 11 is 0. The van der Waals surface area contributed by atoms with Gasteiger partial charge in [-0.2, -0.15) is 0 Å². The molecule has 0 radical (unpaired) electrons. The monoisotopic (exact) mass is 143 g/mol. The van der Waals surface area contributed by atoms with E-state index >= 15 is 0 Å². The molecule has 0 aromatic rings. The molecule has 10 heavy (non-hydrogen) atoms. The number of rotatable bonds is 2. The lowest BCUT2D eigenvalue weighted by atomic mass is 10.2. The first kappa shape index (κ1) is 8.02. The molecule has 0 spiro atoms. The van der Waals surface area contributed by atoms with Crippen LogP contribution in [0.3, 0.4) is 0 Å². The zero-order valence-corrected chi connectivity index (χ0v) is 6.88. The van der Waals surface area contributed by atoms with Crippen molar-refractivity contribution in [3.63, 3.8) is 0 Å². The van der Waals surface area contributed by atoms with Crippen molar-refractivity contribution < 1.29 is 5.11 Å². The molecule has 2 nitrogen and oxygen atoms in total. The van der Waals surface area contributed by atoms with Gasteiger partial charge in [0.2, 0.25) is 0 Å². The van der Waals surface area contributed by atoms with Crippen LogP contribution < -0.4 is 0 Å². The summed E-state index contributed by atoms with van der Waals surface area (Å²) in [4.78, 5) is 2.35. The second-order valence-electron chi connectivity index (χ2n) is 3.42. The SMILES string of the molecule is CC(CO)N1CC[C@H](C)C1. The molecule has 60 valence electrons. The standard InChI is InChI=1S/C8H17NO/c1-7-3-4-9(5-7)8(2)6-10/h7-8,10H,3-6H2,1-2H3/t7-,8?/m0/s1. The third-order valence-electron chi connectivity index (χ3n) is 2.34. The molecule has 0 saturated carbocycles. The lowest BCUT2D eigenvalue weighted by Gasteiger charge is -2.21. The van der Waals surface area contributed by atoms with Gasteiger partial charge in [0.15, 0.2) is 0 Å². The lowest BCUT2D eigenvalue weighted by molar-refractivity contribution is 0.155. The van der Waals surface area contributed by atoms with Gasteiger partial charge in [0.25, 0.3) is 0 Å². The molecule has 0 aliphatic carbocycles. The van der Waals surface area contributed by atoms with Crippen molar-refractivity contribution in [3.05, 3.63) is 0 Å². The van der Waals surface area contributed by atoms with Gasteiger partial charge >= 0.3 is 0 Å². The Morgan fingerprint density at radius 1 is 1.70 bits per heavy atom. The van der Waals surface area contributed by atoms with Crippen LogP contribution in [0, 0.1) is 5.92 Å². The molecule has 1 unspecified atom stereocenters. The molecule has 0 aromatic heterocycles. The van der Waals surface area contributed by atoms with E-state index in [0.29, 0.717) is 12.6 Å². The van der Waals surface area contributed by atoms with Gasteiger partial charge in [-0.15, -0.1) is 0 Å². The summed E-state index contributed by atoms with van der Waals surface area (Å²) in [5.41, 5.74) is 0. The van der Waals surface area contributed by atoms with Crippen molar-refractivity contribution in [2.24, 2.45) is 5.92 Å². The number of likely N-dealkylation sites (tertiary alicyclic amines) is 1. The topological polar surface area (TPSA) is 23.5 Å². The summed E-state index contributed by atoms with van der Waals surface area (Å²) in [6.45, 7) is 6.99. The molecule has 1 N–H and O–H groups in total. The third kappa shape index (κ3) is 1.70. The second-order valence-corrected chi connectivity index (χ2v) is 3.42. The van der Waals surface area contributed by atoms with Crippen molar-refractivity contribution in [2.45, 2.75) is 26.3 Å². The smallest absolute Gasteiger partial charge is 0.0584 e. The summed E-state index contributed by atoms with van der Waals surface area (Å²) in [5.74, 6) is 0.828. The van der Waals surface area contributed by atoms with Crippen LogP contribution in [0.5, 0.6) is 0 Å². The molecule has 0 amide bonds. The largest absolute Gasteiger partial charge is 0.395 e. The zero-order chi connectivity index (χ0) is 7.56. The minimum atomic E-state index is 0.298. The molecule has 0 bridgehead atoms. The van der Waals surface area contributed by atoms with Crippen LogP contribution in [0.2, 0.25) is 0 Å². The van der Waals surface area contributed by atoms with E-state index in [9.17, 15) is 0 Å². The van der Waals surface area contributed by atoms with Gasteiger partial charge in [-0.05, 0) is 25.8 Å². The molecule has 2 heteroatoms. The van der Waals surface area contributed by atoms with Crippen LogP contribution >= 0.6 is 0 Å². The van der Waals surface area contributed by atoms with E-state index in [1.165, 1.54) is 19.5 Å². The van der Waals surface area contributed by atoms with Gasteiger partial charge in [-0.3, -0.25) is 4.90 Å². The Morgan fingerprint density at radius 3 is 2.80 bits per heavy atom. The van der Waals surface area contributed by atoms with Crippen molar-refractivity contribution >= 4 is 0 Å². The average Bonchev–Trinajstić information content (AvgIpc) is 2.34. The summed E-state index contributed by atoms with van der Waals surface area (Å²) in [6.07, 6.45) is 1.30. The summed E-state index contributed by atoms with van der Waals surface area (Å²) in [7, 11) is 0. The molecule has 1 heterocycles. The molecule has 1 saturated heterocycles. The maximum Gasteiger partial charge on any atom is 0.0584 e. The number of hydrogen-bond donors (Lipinski definition) is 1. The van der Waals surface area contributed by atoms with E-state index in [-0.39, 0.29) is 0 Å². The van der Waals surface area contributed by atoms with Gasteiger partial charge in [-0.25, -0.2) is 0 Å². The van der Waals surface area contributed by atoms with Crippen LogP contribution in [0.1, 0.15) is 20.3 Å². The fraction of sp³-hybridized carbons (Fsp3) is 1.00. The highest BCUT2D eigenvalue weighted by Gasteiger charge is 2.21. The highest BCUT2D eigenvalue weighted by molar-refractivity contribution is 4.76. The number of aliphatic hydroxyl groups is 1. The number of nitrogens with zero attached hydrogens (tertiary/aromatic N) is 1. The van der Waals surface area contributed by atoms with Crippen LogP contribution in [0.15, 0.2) is 0 Å². The molecular weight excluding hydrogens is 126 g/mol. The normalized spacial score (nSPS) is 30.9. The van der Waals surface area contributed by atoms with Gasteiger partial charge < -0.3 is 5.11 Å². The van der Waals surface area contributed by atoms with E-state index in [0.717, 1.165) is 5.92 Å². The van der Waals surface area contributed by atoms with Gasteiger partial charge in [-0.1, -0.05) is 6.92 Å². The Labute approximate surface area is 62.8 Å². The van der Waals surface area contributed by atoms with Crippen molar-refractivity contribution in [2.75, 3.05) is 19.7 Å². The van der Waals surface area contributed by atoms with Crippen LogP contribution in [0.25, 0.3) is 0 Å². The maximum atomic E-state index is 8.84. The maximum absolute atomic E-state index is 8.84. The first-order valence-electron chi connectivity index (χ1n) is 4.09. The minimum absolute atomic E-state index is 0.298. The first-order chi connectivity index (χ1) is 4.74. The fourth-order valence-electron chi connectivity index (χ4n) is 1.48. The molecule has 1 rings (SSSR count). The van der Waals surface area contributed by atoms with Crippen LogP contribution in [0.4, 0.5) is 0 Å². The molecule has 1 aliphatic heterocycles. The minimum Gasteiger partial charge on any atom is -0.395 e. The van der Waals surface area contributed by atoms with Crippen molar-refractivity contribution in [1.29, 1.82) is 0 Å². The Balaban J connectivity index is 2.29. The quantitative estimate of drug-likeness (QED) is 0.615. The third-order valence-corrected chi connectivity index (χ3v) is 2.34. The van der Waals surface area contributed by atoms with Crippen molar-refractivity contribution in [3.8, 4) is 0 Å². The first-order valence-corrected chi connectivity index (χ1v) is 4.09. The molecular formula is C8H17NO. The van der Waals surface area contributed by atoms with E-state index < -0.39 is 0 Å². The number of aliphatic hydroxyl groups excluding tert-OH is 1. The van der Waals surface area contributed by atoms with E-state index in [1.54, 1.807) is 0 Å². The van der Waals surface area contributed by atoms with Gasteiger partial charge in [0.1, 0.15) is 0 Å². The van der Waals surface area contributed by atoms with Crippen LogP contribution in [-0.2, 0) is 0 Å². The molecule has 0 aromatic carbocycles. The van der Waals surface area contributed by atoms with Crippen molar-refractivity contribution in [1.82, 2.24) is 4.90 Å². The Bertz CT molecular complexity index is 105. The zero-order valence-electron chi connectivity index (χ0n) is 6.88. The average molecular weight is 143 g/mol. The van der Waals surface area contributed by atoms with Crippen LogP contribution in [-0.4, -0.2) is 35.7 Å². The molecule has 1 aliphatic rings. The molecule has 1 fully saturated rings. The predicted octanol–water partition coefficient (Wildman–Crippen LogP) is 0.709. The second kappa shape index (κ2) is 3.35. The summed E-state index contributed by atoms with van der Waals surface area (Å²) < 4.78 is 0. The highest BCUT2D eigenvalue weighted by atomic mass is 16.3. The number of hydrogen-bond acceptors (Lipinski definition) is 2. The van der Waals surface area contributed by atoms with E-state index in [4.69, 9.17) is 5.11 Å². The van der Waals surface area contributed by atoms with Gasteiger partial charge in [0, 0.05) is 12.6 Å². The van der Waals surface area contributed by atoms with E-state index in [2.05, 4.69) is 18.7 Å². The summed E-state index contributed by atoms with van der Waals surface area (Å²) in [5, 5.41) is 8.84. The highest BCUT2D eigenvalue weighted by Crippen LogP contribution is 2.16. The summed E-state index contributed by atoms with van der Waals surface area (Å²) in [6, 6.07) is 0.366. The van der Waals surface area contributed by atoms with Gasteiger partial charge in [0.05, 0.1) is 6.61 Å². The van der Waals surface area contributed by atoms with E-state index in [1.807, 2.05) is 0 Å². The fourth-order valence-corrected chi connectivity index (χ4v) is 1.48. The Kier molecular flexibility index (Phi) is 2.69. The molecule has 2 atom stereocenters.